The molecule has 1 aromatic carbocycles. The maximum Gasteiger partial charge on any atom is 0.152 e. The first-order chi connectivity index (χ1) is 7.47. The van der Waals surface area contributed by atoms with Crippen LogP contribution >= 0.6 is 15.9 Å². The van der Waals surface area contributed by atoms with Gasteiger partial charge in [-0.25, -0.2) is 8.42 Å². The summed E-state index contributed by atoms with van der Waals surface area (Å²) in [6.45, 7) is 0.516. The molecule has 2 rings (SSSR count). The Morgan fingerprint density at radius 2 is 2.06 bits per heavy atom. The highest BCUT2D eigenvalue weighted by atomic mass is 79.9. The first-order valence-electron chi connectivity index (χ1n) is 5.14. The first kappa shape index (κ1) is 12.1. The fourth-order valence-corrected chi connectivity index (χ4v) is 4.97. The fraction of sp³-hybridized carbons (Fsp3) is 0.455. The number of hydrogen-bond acceptors (Lipinski definition) is 3. The molecule has 0 saturated carbocycles. The summed E-state index contributed by atoms with van der Waals surface area (Å²) in [7, 11) is -2.84. The van der Waals surface area contributed by atoms with E-state index in [0.717, 1.165) is 16.5 Å². The lowest BCUT2D eigenvalue weighted by atomic mass is 9.80. The molecule has 0 bridgehead atoms. The third kappa shape index (κ3) is 2.17. The first-order valence-corrected chi connectivity index (χ1v) is 7.75. The van der Waals surface area contributed by atoms with Crippen LogP contribution in [0, 0.1) is 0 Å². The number of benzene rings is 1. The smallest absolute Gasteiger partial charge is 0.152 e. The van der Waals surface area contributed by atoms with E-state index >= 15 is 0 Å². The average molecular weight is 304 g/mol. The van der Waals surface area contributed by atoms with Crippen LogP contribution in [0.15, 0.2) is 28.7 Å². The minimum Gasteiger partial charge on any atom is -0.330 e. The van der Waals surface area contributed by atoms with Gasteiger partial charge in [0.05, 0.1) is 11.5 Å². The topological polar surface area (TPSA) is 60.2 Å². The highest BCUT2D eigenvalue weighted by Crippen LogP contribution is 2.40. The molecule has 0 radical (unpaired) electrons. The Bertz CT molecular complexity index is 486. The number of rotatable bonds is 3. The largest absolute Gasteiger partial charge is 0.330 e. The number of halogens is 1. The predicted molar refractivity (Wildman–Crippen MR) is 68.1 cm³/mol. The third-order valence-corrected chi connectivity index (χ3v) is 5.53. The van der Waals surface area contributed by atoms with Gasteiger partial charge in [0.15, 0.2) is 9.84 Å². The summed E-state index contributed by atoms with van der Waals surface area (Å²) >= 11 is 3.41. The van der Waals surface area contributed by atoms with Crippen molar-refractivity contribution < 1.29 is 8.42 Å². The third-order valence-electron chi connectivity index (χ3n) is 3.05. The number of nitrogens with two attached hydrogens (primary N) is 1. The SMILES string of the molecule is NCCC1(c2cccc(Br)c2)CS(=O)(=O)C1. The van der Waals surface area contributed by atoms with E-state index in [0.29, 0.717) is 6.54 Å². The van der Waals surface area contributed by atoms with E-state index < -0.39 is 9.84 Å². The molecule has 0 spiro atoms. The van der Waals surface area contributed by atoms with E-state index in [1.807, 2.05) is 24.3 Å². The van der Waals surface area contributed by atoms with Gasteiger partial charge in [-0.1, -0.05) is 28.1 Å². The van der Waals surface area contributed by atoms with Crippen LogP contribution < -0.4 is 5.73 Å². The van der Waals surface area contributed by atoms with Gasteiger partial charge in [-0.3, -0.25) is 0 Å². The van der Waals surface area contributed by atoms with E-state index in [9.17, 15) is 8.42 Å². The summed E-state index contributed by atoms with van der Waals surface area (Å²) in [5.41, 5.74) is 6.40. The van der Waals surface area contributed by atoms with E-state index in [1.54, 1.807) is 0 Å². The summed E-state index contributed by atoms with van der Waals surface area (Å²) in [6, 6.07) is 7.84. The van der Waals surface area contributed by atoms with Crippen molar-refractivity contribution in [3.63, 3.8) is 0 Å². The van der Waals surface area contributed by atoms with Crippen LogP contribution in [-0.4, -0.2) is 26.5 Å². The van der Waals surface area contributed by atoms with Crippen molar-refractivity contribution in [2.24, 2.45) is 5.73 Å². The molecule has 1 aliphatic heterocycles. The Morgan fingerprint density at radius 1 is 1.38 bits per heavy atom. The zero-order chi connectivity index (χ0) is 11.8. The van der Waals surface area contributed by atoms with Crippen LogP contribution in [0.1, 0.15) is 12.0 Å². The van der Waals surface area contributed by atoms with Gasteiger partial charge in [0.2, 0.25) is 0 Å². The second-order valence-electron chi connectivity index (χ2n) is 4.36. The van der Waals surface area contributed by atoms with E-state index in [-0.39, 0.29) is 16.9 Å². The average Bonchev–Trinajstić information content (AvgIpc) is 2.15. The van der Waals surface area contributed by atoms with Crippen molar-refractivity contribution in [1.82, 2.24) is 0 Å². The molecule has 0 aliphatic carbocycles. The molecular formula is C11H14BrNO2S. The molecule has 1 aliphatic rings. The molecule has 0 aromatic heterocycles. The Balaban J connectivity index is 2.35. The van der Waals surface area contributed by atoms with Crippen LogP contribution in [0.25, 0.3) is 0 Å². The second kappa shape index (κ2) is 4.13. The molecule has 0 amide bonds. The normalized spacial score (nSPS) is 21.4. The van der Waals surface area contributed by atoms with Crippen molar-refractivity contribution in [2.75, 3.05) is 18.1 Å². The van der Waals surface area contributed by atoms with Crippen molar-refractivity contribution in [3.8, 4) is 0 Å². The lowest BCUT2D eigenvalue weighted by molar-refractivity contribution is 0.433. The summed E-state index contributed by atoms with van der Waals surface area (Å²) < 4.78 is 23.7. The van der Waals surface area contributed by atoms with Crippen LogP contribution in [0.3, 0.4) is 0 Å². The Kier molecular flexibility index (Phi) is 3.11. The molecule has 5 heteroatoms. The second-order valence-corrected chi connectivity index (χ2v) is 7.34. The van der Waals surface area contributed by atoms with E-state index in [4.69, 9.17) is 5.73 Å². The van der Waals surface area contributed by atoms with Crippen LogP contribution in [0.4, 0.5) is 0 Å². The molecular weight excluding hydrogens is 290 g/mol. The highest BCUT2D eigenvalue weighted by Gasteiger charge is 2.48. The Labute approximate surface area is 104 Å². The number of hydrogen-bond donors (Lipinski definition) is 1. The molecule has 2 N–H and O–H groups in total. The quantitative estimate of drug-likeness (QED) is 0.920. The summed E-state index contributed by atoms with van der Waals surface area (Å²) in [5.74, 6) is 0.460. The molecule has 3 nitrogen and oxygen atoms in total. The monoisotopic (exact) mass is 303 g/mol. The molecule has 16 heavy (non-hydrogen) atoms. The number of sulfone groups is 1. The molecule has 1 saturated heterocycles. The minimum atomic E-state index is -2.84. The molecule has 1 aromatic rings. The fourth-order valence-electron chi connectivity index (χ4n) is 2.35. The van der Waals surface area contributed by atoms with Crippen molar-refractivity contribution >= 4 is 25.8 Å². The molecule has 0 unspecified atom stereocenters. The van der Waals surface area contributed by atoms with Gasteiger partial charge >= 0.3 is 0 Å². The Morgan fingerprint density at radius 3 is 2.56 bits per heavy atom. The van der Waals surface area contributed by atoms with Crippen LogP contribution in [0.5, 0.6) is 0 Å². The van der Waals surface area contributed by atoms with Gasteiger partial charge in [-0.2, -0.15) is 0 Å². The van der Waals surface area contributed by atoms with Gasteiger partial charge in [0.1, 0.15) is 0 Å². The predicted octanol–water partition coefficient (Wildman–Crippen LogP) is 1.46. The van der Waals surface area contributed by atoms with Gasteiger partial charge < -0.3 is 5.73 Å². The van der Waals surface area contributed by atoms with E-state index in [2.05, 4.69) is 15.9 Å². The zero-order valence-corrected chi connectivity index (χ0v) is 11.2. The zero-order valence-electron chi connectivity index (χ0n) is 8.82. The van der Waals surface area contributed by atoms with Crippen molar-refractivity contribution in [3.05, 3.63) is 34.3 Å². The van der Waals surface area contributed by atoms with Gasteiger partial charge in [0.25, 0.3) is 0 Å². The van der Waals surface area contributed by atoms with Crippen LogP contribution in [-0.2, 0) is 15.3 Å². The van der Waals surface area contributed by atoms with Crippen LogP contribution in [0.2, 0.25) is 0 Å². The maximum absolute atomic E-state index is 11.4. The molecule has 1 heterocycles. The molecule has 1 fully saturated rings. The Hall–Kier alpha value is -0.390. The van der Waals surface area contributed by atoms with Gasteiger partial charge in [0, 0.05) is 9.89 Å². The molecule has 0 atom stereocenters. The highest BCUT2D eigenvalue weighted by molar-refractivity contribution is 9.10. The van der Waals surface area contributed by atoms with Gasteiger partial charge in [-0.15, -0.1) is 0 Å². The van der Waals surface area contributed by atoms with E-state index in [1.165, 1.54) is 0 Å². The summed E-state index contributed by atoms with van der Waals surface area (Å²) in [6.07, 6.45) is 0.725. The van der Waals surface area contributed by atoms with Crippen molar-refractivity contribution in [2.45, 2.75) is 11.8 Å². The standard InChI is InChI=1S/C11H14BrNO2S/c12-10-3-1-2-9(6-10)11(4-5-13)7-16(14,15)8-11/h1-3,6H,4-5,7-8,13H2. The summed E-state index contributed by atoms with van der Waals surface area (Å²) in [4.78, 5) is 0. The summed E-state index contributed by atoms with van der Waals surface area (Å²) in [5, 5.41) is 0. The lowest BCUT2D eigenvalue weighted by Crippen LogP contribution is -2.53. The van der Waals surface area contributed by atoms with Gasteiger partial charge in [-0.05, 0) is 30.7 Å². The van der Waals surface area contributed by atoms with Crippen molar-refractivity contribution in [1.29, 1.82) is 0 Å². The molecule has 88 valence electrons. The maximum atomic E-state index is 11.4. The minimum absolute atomic E-state index is 0.230. The lowest BCUT2D eigenvalue weighted by Gasteiger charge is -2.41.